The Labute approximate surface area is 172 Å². The van der Waals surface area contributed by atoms with Crippen LogP contribution in [0.5, 0.6) is 0 Å². The Morgan fingerprint density at radius 2 is 2.10 bits per heavy atom. The van der Waals surface area contributed by atoms with Crippen molar-refractivity contribution in [2.24, 2.45) is 7.05 Å². The number of carbonyl (C=O) groups excluding carboxylic acids is 1. The highest BCUT2D eigenvalue weighted by molar-refractivity contribution is 7.99. The Hall–Kier alpha value is -3.10. The van der Waals surface area contributed by atoms with Gasteiger partial charge in [0.25, 0.3) is 0 Å². The van der Waals surface area contributed by atoms with Gasteiger partial charge >= 0.3 is 0 Å². The number of aldehydes is 1. The van der Waals surface area contributed by atoms with Crippen molar-refractivity contribution in [3.05, 3.63) is 48.2 Å². The number of fused-ring (bicyclic) bond motifs is 1. The zero-order valence-electron chi connectivity index (χ0n) is 16.4. The molecule has 2 aromatic carbocycles. The van der Waals surface area contributed by atoms with E-state index in [4.69, 9.17) is 4.84 Å². The van der Waals surface area contributed by atoms with Crippen LogP contribution in [0.1, 0.15) is 5.56 Å². The van der Waals surface area contributed by atoms with E-state index < -0.39 is 0 Å². The van der Waals surface area contributed by atoms with Crippen molar-refractivity contribution in [3.63, 3.8) is 0 Å². The fourth-order valence-corrected chi connectivity index (χ4v) is 3.85. The maximum absolute atomic E-state index is 10.6. The summed E-state index contributed by atoms with van der Waals surface area (Å²) < 4.78 is 2.10. The largest absolute Gasteiger partial charge is 0.351 e. The zero-order valence-corrected chi connectivity index (χ0v) is 17.2. The molecular formula is C21H21N5O2S. The number of carbonyl (C=O) groups is 1. The van der Waals surface area contributed by atoms with Crippen LogP contribution in [0.2, 0.25) is 0 Å². The van der Waals surface area contributed by atoms with Crippen molar-refractivity contribution in [3.8, 4) is 22.5 Å². The monoisotopic (exact) mass is 407 g/mol. The van der Waals surface area contributed by atoms with Crippen LogP contribution in [-0.4, -0.2) is 38.9 Å². The molecule has 4 aromatic rings. The minimum absolute atomic E-state index is 0.323. The number of hydrogen-bond acceptors (Lipinski definition) is 6. The van der Waals surface area contributed by atoms with E-state index in [1.165, 1.54) is 22.7 Å². The van der Waals surface area contributed by atoms with E-state index in [1.54, 1.807) is 7.11 Å². The van der Waals surface area contributed by atoms with Crippen LogP contribution in [0.4, 0.5) is 5.69 Å². The van der Waals surface area contributed by atoms with Crippen molar-refractivity contribution < 1.29 is 9.63 Å². The van der Waals surface area contributed by atoms with Gasteiger partial charge in [0.2, 0.25) is 5.16 Å². The summed E-state index contributed by atoms with van der Waals surface area (Å²) in [5, 5.41) is 8.88. The molecule has 0 radical (unpaired) electrons. The lowest BCUT2D eigenvalue weighted by atomic mass is 9.95. The lowest BCUT2D eigenvalue weighted by Crippen LogP contribution is -2.00. The molecule has 0 atom stereocenters. The average molecular weight is 407 g/mol. The average Bonchev–Trinajstić information content (AvgIpc) is 3.35. The quantitative estimate of drug-likeness (QED) is 0.271. The van der Waals surface area contributed by atoms with Crippen LogP contribution in [0, 0.1) is 6.92 Å². The van der Waals surface area contributed by atoms with Crippen LogP contribution >= 0.6 is 11.8 Å². The maximum atomic E-state index is 10.6. The number of aryl methyl sites for hydroxylation is 1. The number of thioether (sulfide) groups is 1. The first-order valence-corrected chi connectivity index (χ1v) is 10.1. The Balaban J connectivity index is 1.81. The molecule has 0 spiro atoms. The molecule has 0 aliphatic heterocycles. The molecule has 0 bridgehead atoms. The molecular weight excluding hydrogens is 386 g/mol. The van der Waals surface area contributed by atoms with E-state index in [9.17, 15) is 4.79 Å². The highest BCUT2D eigenvalue weighted by atomic mass is 32.2. The number of nitrogens with zero attached hydrogens (tertiary/aromatic N) is 3. The van der Waals surface area contributed by atoms with Gasteiger partial charge < -0.3 is 9.36 Å². The lowest BCUT2D eigenvalue weighted by Gasteiger charge is -2.15. The second-order valence-electron chi connectivity index (χ2n) is 6.65. The summed E-state index contributed by atoms with van der Waals surface area (Å²) >= 11 is 1.29. The lowest BCUT2D eigenvalue weighted by molar-refractivity contribution is -0.105. The fourth-order valence-electron chi connectivity index (χ4n) is 3.36. The number of hydrogen-bond donors (Lipinski definition) is 2. The van der Waals surface area contributed by atoms with Crippen LogP contribution in [-0.2, 0) is 16.7 Å². The molecule has 0 aliphatic rings. The van der Waals surface area contributed by atoms with Gasteiger partial charge in [0, 0.05) is 29.7 Å². The number of aromatic nitrogens is 4. The highest BCUT2D eigenvalue weighted by Gasteiger charge is 2.14. The molecule has 4 rings (SSSR count). The summed E-state index contributed by atoms with van der Waals surface area (Å²) in [4.78, 5) is 20.3. The summed E-state index contributed by atoms with van der Waals surface area (Å²) in [5.74, 6) is 0.962. The second kappa shape index (κ2) is 8.10. The third-order valence-electron chi connectivity index (χ3n) is 4.83. The number of H-pyrrole nitrogens is 1. The predicted octanol–water partition coefficient (Wildman–Crippen LogP) is 4.20. The van der Waals surface area contributed by atoms with E-state index in [2.05, 4.69) is 68.7 Å². The normalized spacial score (nSPS) is 11.1. The SMILES string of the molecule is CONc1cc(-c2nc(SCC=O)n[nH]2)cc(-c2ccc3c(ccn3C)c2)c1C. The Morgan fingerprint density at radius 3 is 2.90 bits per heavy atom. The van der Waals surface area contributed by atoms with Crippen molar-refractivity contribution in [2.75, 3.05) is 18.3 Å². The van der Waals surface area contributed by atoms with Gasteiger partial charge in [0.1, 0.15) is 6.29 Å². The molecule has 2 heterocycles. The van der Waals surface area contributed by atoms with Crippen molar-refractivity contribution in [2.45, 2.75) is 12.1 Å². The van der Waals surface area contributed by atoms with Crippen molar-refractivity contribution >= 4 is 34.6 Å². The first-order valence-electron chi connectivity index (χ1n) is 9.09. The molecule has 2 aromatic heterocycles. The second-order valence-corrected chi connectivity index (χ2v) is 7.63. The van der Waals surface area contributed by atoms with Gasteiger partial charge in [-0.05, 0) is 53.9 Å². The molecule has 7 nitrogen and oxygen atoms in total. The van der Waals surface area contributed by atoms with Gasteiger partial charge in [-0.3, -0.25) is 15.4 Å². The Morgan fingerprint density at radius 1 is 1.24 bits per heavy atom. The number of nitrogens with one attached hydrogen (secondary N) is 2. The predicted molar refractivity (Wildman–Crippen MR) is 116 cm³/mol. The van der Waals surface area contributed by atoms with Gasteiger partial charge in [-0.15, -0.1) is 5.10 Å². The molecule has 29 heavy (non-hydrogen) atoms. The standard InChI is InChI=1S/C21H21N5O2S/c1-13-17(14-4-5-19-15(10-14)6-7-26(19)2)11-16(12-18(13)25-28-3)20-22-21(24-23-20)29-9-8-27/h4-8,10-12,25H,9H2,1-3H3,(H,22,23,24). The number of rotatable bonds is 7. The van der Waals surface area contributed by atoms with Crippen LogP contribution in [0.25, 0.3) is 33.4 Å². The molecule has 0 saturated carbocycles. The van der Waals surface area contributed by atoms with E-state index >= 15 is 0 Å². The fraction of sp³-hybridized carbons (Fsp3) is 0.190. The molecule has 8 heteroatoms. The van der Waals surface area contributed by atoms with Crippen molar-refractivity contribution in [1.82, 2.24) is 19.7 Å². The number of aromatic amines is 1. The molecule has 0 aliphatic carbocycles. The van der Waals surface area contributed by atoms with E-state index in [1.807, 2.05) is 13.1 Å². The van der Waals surface area contributed by atoms with Gasteiger partial charge in [0.15, 0.2) is 5.82 Å². The third-order valence-corrected chi connectivity index (χ3v) is 5.58. The molecule has 0 unspecified atom stereocenters. The van der Waals surface area contributed by atoms with E-state index in [0.29, 0.717) is 16.7 Å². The highest BCUT2D eigenvalue weighted by Crippen LogP contribution is 2.35. The minimum atomic E-state index is 0.323. The molecule has 0 fully saturated rings. The Kier molecular flexibility index (Phi) is 5.37. The van der Waals surface area contributed by atoms with Crippen LogP contribution in [0.3, 0.4) is 0 Å². The third kappa shape index (κ3) is 3.76. The minimum Gasteiger partial charge on any atom is -0.351 e. The maximum Gasteiger partial charge on any atom is 0.209 e. The summed E-state index contributed by atoms with van der Waals surface area (Å²) in [6.45, 7) is 2.06. The molecule has 2 N–H and O–H groups in total. The molecule has 0 amide bonds. The number of benzene rings is 2. The van der Waals surface area contributed by atoms with Crippen LogP contribution in [0.15, 0.2) is 47.8 Å². The van der Waals surface area contributed by atoms with Crippen LogP contribution < -0.4 is 5.48 Å². The molecule has 148 valence electrons. The first-order chi connectivity index (χ1) is 14.1. The zero-order chi connectivity index (χ0) is 20.4. The van der Waals surface area contributed by atoms with Crippen molar-refractivity contribution in [1.29, 1.82) is 0 Å². The van der Waals surface area contributed by atoms with Gasteiger partial charge in [0.05, 0.1) is 18.6 Å². The topological polar surface area (TPSA) is 84.8 Å². The summed E-state index contributed by atoms with van der Waals surface area (Å²) in [5.41, 5.74) is 9.13. The van der Waals surface area contributed by atoms with Gasteiger partial charge in [-0.25, -0.2) is 4.98 Å². The van der Waals surface area contributed by atoms with E-state index in [0.717, 1.165) is 34.2 Å². The van der Waals surface area contributed by atoms with E-state index in [-0.39, 0.29) is 0 Å². The smallest absolute Gasteiger partial charge is 0.209 e. The summed E-state index contributed by atoms with van der Waals surface area (Å²) in [6, 6.07) is 12.6. The molecule has 0 saturated heterocycles. The number of anilines is 1. The van der Waals surface area contributed by atoms with Gasteiger partial charge in [-0.1, -0.05) is 17.8 Å². The summed E-state index contributed by atoms with van der Waals surface area (Å²) in [7, 11) is 3.63. The van der Waals surface area contributed by atoms with Gasteiger partial charge in [-0.2, -0.15) is 0 Å². The first kappa shape index (κ1) is 19.2. The summed E-state index contributed by atoms with van der Waals surface area (Å²) in [6.07, 6.45) is 2.90. The Bertz CT molecular complexity index is 1180.